The van der Waals surface area contributed by atoms with Gasteiger partial charge in [0.1, 0.15) is 23.3 Å². The summed E-state index contributed by atoms with van der Waals surface area (Å²) in [5, 5.41) is 14.6. The Morgan fingerprint density at radius 3 is 2.97 bits per heavy atom. The molecule has 0 saturated carbocycles. The zero-order valence-corrected chi connectivity index (χ0v) is 20.8. The molecule has 4 N–H and O–H groups in total. The lowest BCUT2D eigenvalue weighted by Gasteiger charge is -2.32. The van der Waals surface area contributed by atoms with E-state index in [1.54, 1.807) is 12.7 Å². The van der Waals surface area contributed by atoms with Gasteiger partial charge in [-0.1, -0.05) is 18.6 Å². The molecule has 2 amide bonds. The van der Waals surface area contributed by atoms with Gasteiger partial charge in [0.05, 0.1) is 12.4 Å². The number of carbonyl (C=O) groups is 2. The van der Waals surface area contributed by atoms with Gasteiger partial charge in [0.2, 0.25) is 5.91 Å². The van der Waals surface area contributed by atoms with Crippen molar-refractivity contribution in [3.63, 3.8) is 0 Å². The number of benzene rings is 1. The van der Waals surface area contributed by atoms with E-state index in [0.29, 0.717) is 37.2 Å². The molecule has 196 valence electrons. The average molecular weight is 508 g/mol. The molecule has 2 aliphatic rings. The number of carboxylic acid groups (broad SMARTS) is 1. The van der Waals surface area contributed by atoms with E-state index in [-0.39, 0.29) is 18.1 Å². The molecule has 1 fully saturated rings. The maximum atomic E-state index is 13.0. The number of hydrogen-bond acceptors (Lipinski definition) is 7. The van der Waals surface area contributed by atoms with E-state index in [1.807, 2.05) is 17.0 Å². The van der Waals surface area contributed by atoms with E-state index >= 15 is 0 Å². The quantitative estimate of drug-likeness (QED) is 0.307. The minimum absolute atomic E-state index is 0.0996. The third-order valence-corrected chi connectivity index (χ3v) is 7.16. The Balaban J connectivity index is 1.30. The molecule has 4 heterocycles. The van der Waals surface area contributed by atoms with Gasteiger partial charge >= 0.3 is 6.09 Å². The van der Waals surface area contributed by atoms with Gasteiger partial charge in [-0.05, 0) is 50.3 Å². The number of fused-ring (bicyclic) bond motifs is 2. The van der Waals surface area contributed by atoms with E-state index in [4.69, 9.17) is 9.84 Å². The molecule has 37 heavy (non-hydrogen) atoms. The summed E-state index contributed by atoms with van der Waals surface area (Å²) in [5.41, 5.74) is 4.39. The van der Waals surface area contributed by atoms with Gasteiger partial charge < -0.3 is 30.4 Å². The van der Waals surface area contributed by atoms with Gasteiger partial charge in [0.15, 0.2) is 11.8 Å². The second-order valence-corrected chi connectivity index (χ2v) is 9.60. The van der Waals surface area contributed by atoms with E-state index in [9.17, 15) is 9.59 Å². The SMILES string of the molecule is O=C(O)NCCCCCC(=O)N1CCc2cccc(O[C@@H](c3ncnc4[nH]cnc34)C3CCCN3)c2C1. The van der Waals surface area contributed by atoms with Crippen LogP contribution in [0.4, 0.5) is 4.79 Å². The van der Waals surface area contributed by atoms with Crippen LogP contribution in [0.3, 0.4) is 0 Å². The van der Waals surface area contributed by atoms with Crippen molar-refractivity contribution < 1.29 is 19.4 Å². The highest BCUT2D eigenvalue weighted by Gasteiger charge is 2.33. The van der Waals surface area contributed by atoms with Crippen LogP contribution < -0.4 is 15.4 Å². The number of aromatic nitrogens is 4. The Morgan fingerprint density at radius 2 is 2.14 bits per heavy atom. The summed E-state index contributed by atoms with van der Waals surface area (Å²) < 4.78 is 6.73. The maximum Gasteiger partial charge on any atom is 0.404 e. The number of unbranched alkanes of at least 4 members (excludes halogenated alkanes) is 2. The molecule has 0 spiro atoms. The predicted octanol–water partition coefficient (Wildman–Crippen LogP) is 2.94. The first-order valence-corrected chi connectivity index (χ1v) is 13.0. The van der Waals surface area contributed by atoms with Gasteiger partial charge in [-0.15, -0.1) is 0 Å². The number of rotatable bonds is 10. The van der Waals surface area contributed by atoms with E-state index < -0.39 is 6.09 Å². The van der Waals surface area contributed by atoms with Crippen molar-refractivity contribution in [1.29, 1.82) is 0 Å². The third kappa shape index (κ3) is 5.82. The normalized spacial score (nSPS) is 17.9. The van der Waals surface area contributed by atoms with Crippen LogP contribution in [0, 0.1) is 0 Å². The molecule has 5 rings (SSSR count). The van der Waals surface area contributed by atoms with Crippen LogP contribution in [-0.2, 0) is 17.8 Å². The highest BCUT2D eigenvalue weighted by atomic mass is 16.5. The number of imidazole rings is 1. The molecule has 2 aromatic heterocycles. The number of nitrogens with one attached hydrogen (secondary N) is 3. The first-order valence-electron chi connectivity index (χ1n) is 13.0. The molecule has 3 aromatic rings. The van der Waals surface area contributed by atoms with Crippen LogP contribution in [0.2, 0.25) is 0 Å². The zero-order valence-electron chi connectivity index (χ0n) is 20.8. The summed E-state index contributed by atoms with van der Waals surface area (Å²) in [7, 11) is 0. The van der Waals surface area contributed by atoms with Crippen LogP contribution in [0.5, 0.6) is 5.75 Å². The van der Waals surface area contributed by atoms with E-state index in [1.165, 1.54) is 5.56 Å². The molecule has 0 radical (unpaired) electrons. The highest BCUT2D eigenvalue weighted by Crippen LogP contribution is 2.35. The molecular formula is C26H33N7O4. The van der Waals surface area contributed by atoms with Crippen molar-refractivity contribution in [2.24, 2.45) is 0 Å². The lowest BCUT2D eigenvalue weighted by molar-refractivity contribution is -0.132. The Hall–Kier alpha value is -3.73. The van der Waals surface area contributed by atoms with E-state index in [2.05, 4.69) is 36.6 Å². The lowest BCUT2D eigenvalue weighted by Crippen LogP contribution is -2.37. The van der Waals surface area contributed by atoms with Crippen LogP contribution in [0.1, 0.15) is 61.4 Å². The maximum absolute atomic E-state index is 13.0. The molecule has 1 unspecified atom stereocenters. The number of amides is 2. The fraction of sp³-hybridized carbons (Fsp3) is 0.500. The molecule has 2 aliphatic heterocycles. The highest BCUT2D eigenvalue weighted by molar-refractivity contribution is 5.76. The minimum atomic E-state index is -1.01. The second kappa shape index (κ2) is 11.5. The van der Waals surface area contributed by atoms with Gasteiger partial charge in [0.25, 0.3) is 0 Å². The standard InChI is InChI=1S/C26H33N7O4/c34-21(9-2-1-3-11-28-26(35)36)33-13-10-17-6-4-8-20(18(17)14-33)37-24(19-7-5-12-27-19)22-23-25(31-15-29-22)32-16-30-23/h4,6,8,15-16,19,24,27-28H,1-3,5,7,9-14H2,(H,35,36)(H,29,30,31,32)/t19?,24-/m1/s1. The van der Waals surface area contributed by atoms with Crippen molar-refractivity contribution in [2.75, 3.05) is 19.6 Å². The fourth-order valence-corrected chi connectivity index (χ4v) is 5.23. The molecule has 0 aliphatic carbocycles. The predicted molar refractivity (Wildman–Crippen MR) is 136 cm³/mol. The van der Waals surface area contributed by atoms with Crippen LogP contribution in [0.15, 0.2) is 30.9 Å². The number of aromatic amines is 1. The van der Waals surface area contributed by atoms with Crippen LogP contribution >= 0.6 is 0 Å². The second-order valence-electron chi connectivity index (χ2n) is 9.60. The smallest absolute Gasteiger partial charge is 0.404 e. The number of ether oxygens (including phenoxy) is 1. The average Bonchev–Trinajstić information content (AvgIpc) is 3.61. The Labute approximate surface area is 215 Å². The van der Waals surface area contributed by atoms with Gasteiger partial charge in [0, 0.05) is 31.6 Å². The van der Waals surface area contributed by atoms with Crippen LogP contribution in [-0.4, -0.2) is 67.6 Å². The van der Waals surface area contributed by atoms with Gasteiger partial charge in [-0.3, -0.25) is 4.79 Å². The fourth-order valence-electron chi connectivity index (χ4n) is 5.23. The zero-order chi connectivity index (χ0) is 25.6. The van der Waals surface area contributed by atoms with Crippen LogP contribution in [0.25, 0.3) is 11.2 Å². The van der Waals surface area contributed by atoms with Crippen molar-refractivity contribution >= 4 is 23.2 Å². The molecule has 11 heteroatoms. The summed E-state index contributed by atoms with van der Waals surface area (Å²) >= 11 is 0. The Morgan fingerprint density at radius 1 is 1.22 bits per heavy atom. The molecule has 0 bridgehead atoms. The largest absolute Gasteiger partial charge is 0.482 e. The molecular weight excluding hydrogens is 474 g/mol. The van der Waals surface area contributed by atoms with E-state index in [0.717, 1.165) is 62.1 Å². The van der Waals surface area contributed by atoms with Crippen molar-refractivity contribution in [2.45, 2.75) is 63.6 Å². The van der Waals surface area contributed by atoms with Crippen molar-refractivity contribution in [1.82, 2.24) is 35.5 Å². The number of nitrogens with zero attached hydrogens (tertiary/aromatic N) is 4. The topological polar surface area (TPSA) is 145 Å². The summed E-state index contributed by atoms with van der Waals surface area (Å²) in [6, 6.07) is 6.20. The third-order valence-electron chi connectivity index (χ3n) is 7.16. The van der Waals surface area contributed by atoms with Crippen molar-refractivity contribution in [3.05, 3.63) is 47.7 Å². The molecule has 2 atom stereocenters. The number of hydrogen-bond donors (Lipinski definition) is 4. The summed E-state index contributed by atoms with van der Waals surface area (Å²) in [6.07, 6.45) is 7.37. The van der Waals surface area contributed by atoms with Crippen molar-refractivity contribution in [3.8, 4) is 5.75 Å². The Bertz CT molecular complexity index is 1240. The lowest BCUT2D eigenvalue weighted by atomic mass is 9.97. The van der Waals surface area contributed by atoms with Gasteiger partial charge in [-0.2, -0.15) is 0 Å². The van der Waals surface area contributed by atoms with Gasteiger partial charge in [-0.25, -0.2) is 19.7 Å². The molecule has 1 aromatic carbocycles. The molecule has 1 saturated heterocycles. The first kappa shape index (κ1) is 24.9. The summed E-state index contributed by atoms with van der Waals surface area (Å²) in [4.78, 5) is 41.8. The number of H-pyrrole nitrogens is 1. The number of carbonyl (C=O) groups excluding carboxylic acids is 1. The Kier molecular flexibility index (Phi) is 7.79. The molecule has 11 nitrogen and oxygen atoms in total. The summed E-state index contributed by atoms with van der Waals surface area (Å²) in [6.45, 7) is 2.54. The monoisotopic (exact) mass is 507 g/mol. The first-order chi connectivity index (χ1) is 18.1. The summed E-state index contributed by atoms with van der Waals surface area (Å²) in [5.74, 6) is 0.894. The minimum Gasteiger partial charge on any atom is -0.482 e.